The van der Waals surface area contributed by atoms with Crippen LogP contribution in [0.5, 0.6) is 5.75 Å². The maximum Gasteiger partial charge on any atom is 0.273 e. The third-order valence-corrected chi connectivity index (χ3v) is 6.66. The monoisotopic (exact) mass is 426 g/mol. The molecule has 2 rings (SSSR count). The number of rotatable bonds is 13. The van der Waals surface area contributed by atoms with E-state index in [1.165, 1.54) is 37.5 Å². The van der Waals surface area contributed by atoms with Crippen molar-refractivity contribution in [3.05, 3.63) is 28.3 Å². The molecule has 7 nitrogen and oxygen atoms in total. The first-order valence-electron chi connectivity index (χ1n) is 10.9. The SMILES string of the molecule is CCCCCCCCCS(=O)(=O)Nc1ccc([N+](=O)[O-])cc1OC1CCCCC1. The third kappa shape index (κ3) is 8.60. The molecule has 0 aliphatic heterocycles. The van der Waals surface area contributed by atoms with Gasteiger partial charge in [0.25, 0.3) is 5.69 Å². The average molecular weight is 427 g/mol. The van der Waals surface area contributed by atoms with Gasteiger partial charge in [-0.3, -0.25) is 14.8 Å². The van der Waals surface area contributed by atoms with Gasteiger partial charge < -0.3 is 4.74 Å². The van der Waals surface area contributed by atoms with Crippen LogP contribution < -0.4 is 9.46 Å². The molecule has 1 aliphatic carbocycles. The van der Waals surface area contributed by atoms with E-state index < -0.39 is 14.9 Å². The number of hydrogen-bond acceptors (Lipinski definition) is 5. The number of nitrogens with one attached hydrogen (secondary N) is 1. The molecule has 1 N–H and O–H groups in total. The number of unbranched alkanes of at least 4 members (excludes halogenated alkanes) is 6. The predicted molar refractivity (Wildman–Crippen MR) is 116 cm³/mol. The summed E-state index contributed by atoms with van der Waals surface area (Å²) in [5, 5.41) is 11.1. The van der Waals surface area contributed by atoms with Gasteiger partial charge >= 0.3 is 0 Å². The van der Waals surface area contributed by atoms with Crippen LogP contribution in [0.3, 0.4) is 0 Å². The molecule has 1 saturated carbocycles. The van der Waals surface area contributed by atoms with E-state index in [9.17, 15) is 18.5 Å². The minimum absolute atomic E-state index is 0.0304. The van der Waals surface area contributed by atoms with Crippen molar-refractivity contribution >= 4 is 21.4 Å². The number of nitrogens with zero attached hydrogens (tertiary/aromatic N) is 1. The predicted octanol–water partition coefficient (Wildman–Crippen LogP) is 5.80. The van der Waals surface area contributed by atoms with E-state index in [1.54, 1.807) is 0 Å². The van der Waals surface area contributed by atoms with Gasteiger partial charge in [-0.15, -0.1) is 0 Å². The lowest BCUT2D eigenvalue weighted by Gasteiger charge is -2.24. The lowest BCUT2D eigenvalue weighted by Crippen LogP contribution is -2.22. The summed E-state index contributed by atoms with van der Waals surface area (Å²) in [6.07, 6.45) is 12.3. The number of sulfonamides is 1. The molecule has 0 radical (unpaired) electrons. The van der Waals surface area contributed by atoms with Gasteiger partial charge in [0.05, 0.1) is 28.5 Å². The van der Waals surface area contributed by atoms with Gasteiger partial charge in [0.2, 0.25) is 10.0 Å². The van der Waals surface area contributed by atoms with Crippen LogP contribution in [0.4, 0.5) is 11.4 Å². The topological polar surface area (TPSA) is 98.5 Å². The highest BCUT2D eigenvalue weighted by molar-refractivity contribution is 7.92. The Morgan fingerprint density at radius 1 is 1.07 bits per heavy atom. The molecule has 1 aromatic carbocycles. The summed E-state index contributed by atoms with van der Waals surface area (Å²) < 4.78 is 33.5. The Morgan fingerprint density at radius 3 is 2.38 bits per heavy atom. The van der Waals surface area contributed by atoms with E-state index in [0.29, 0.717) is 6.42 Å². The quantitative estimate of drug-likeness (QED) is 0.244. The Kier molecular flexibility index (Phi) is 9.70. The summed E-state index contributed by atoms with van der Waals surface area (Å²) in [5.74, 6) is 0.287. The number of benzene rings is 1. The number of anilines is 1. The van der Waals surface area contributed by atoms with Crippen LogP contribution in [0, 0.1) is 10.1 Å². The number of ether oxygens (including phenoxy) is 1. The van der Waals surface area contributed by atoms with Gasteiger partial charge in [-0.2, -0.15) is 0 Å². The molecule has 1 aliphatic rings. The van der Waals surface area contributed by atoms with Gasteiger partial charge in [0.1, 0.15) is 0 Å². The van der Waals surface area contributed by atoms with Crippen molar-refractivity contribution in [3.8, 4) is 5.75 Å². The van der Waals surface area contributed by atoms with E-state index in [2.05, 4.69) is 11.6 Å². The zero-order valence-electron chi connectivity index (χ0n) is 17.4. The standard InChI is InChI=1S/C21H34N2O5S/c1-2-3-4-5-6-7-11-16-29(26,27)22-20-15-14-18(23(24)25)17-21(20)28-19-12-9-8-10-13-19/h14-15,17,19,22H,2-13,16H2,1H3. The first-order chi connectivity index (χ1) is 13.9. The molecule has 0 amide bonds. The van der Waals surface area contributed by atoms with E-state index in [-0.39, 0.29) is 29.0 Å². The number of non-ortho nitro benzene ring substituents is 1. The molecule has 0 unspecified atom stereocenters. The highest BCUT2D eigenvalue weighted by Crippen LogP contribution is 2.33. The molecule has 0 aromatic heterocycles. The molecule has 164 valence electrons. The summed E-state index contributed by atoms with van der Waals surface area (Å²) in [5.41, 5.74) is 0.176. The number of nitro benzene ring substituents is 1. The minimum Gasteiger partial charge on any atom is -0.488 e. The molecule has 0 heterocycles. The zero-order chi connectivity index (χ0) is 21.1. The highest BCUT2D eigenvalue weighted by Gasteiger charge is 2.21. The highest BCUT2D eigenvalue weighted by atomic mass is 32.2. The molecule has 1 fully saturated rings. The summed E-state index contributed by atoms with van der Waals surface area (Å²) in [4.78, 5) is 10.6. The summed E-state index contributed by atoms with van der Waals surface area (Å²) in [7, 11) is -3.53. The normalized spacial score (nSPS) is 15.2. The van der Waals surface area contributed by atoms with Crippen LogP contribution in [0.25, 0.3) is 0 Å². The van der Waals surface area contributed by atoms with Crippen molar-refractivity contribution < 1.29 is 18.1 Å². The largest absolute Gasteiger partial charge is 0.488 e. The Hall–Kier alpha value is -1.83. The molecule has 8 heteroatoms. The van der Waals surface area contributed by atoms with Crippen LogP contribution >= 0.6 is 0 Å². The average Bonchev–Trinajstić information content (AvgIpc) is 2.69. The van der Waals surface area contributed by atoms with Gasteiger partial charge in [-0.1, -0.05) is 51.9 Å². The summed E-state index contributed by atoms with van der Waals surface area (Å²) in [6.45, 7) is 2.17. The van der Waals surface area contributed by atoms with Crippen LogP contribution in [-0.4, -0.2) is 25.2 Å². The smallest absolute Gasteiger partial charge is 0.273 e. The van der Waals surface area contributed by atoms with E-state index >= 15 is 0 Å². The number of nitro groups is 1. The molecule has 0 spiro atoms. The molecular formula is C21H34N2O5S. The Balaban J connectivity index is 1.97. The molecule has 1 aromatic rings. The first kappa shape index (κ1) is 23.4. The first-order valence-corrected chi connectivity index (χ1v) is 12.5. The molecule has 29 heavy (non-hydrogen) atoms. The zero-order valence-corrected chi connectivity index (χ0v) is 18.2. The lowest BCUT2D eigenvalue weighted by molar-refractivity contribution is -0.384. The van der Waals surface area contributed by atoms with Crippen LogP contribution in [0.1, 0.15) is 84.0 Å². The van der Waals surface area contributed by atoms with Crippen molar-refractivity contribution in [2.24, 2.45) is 0 Å². The summed E-state index contributed by atoms with van der Waals surface area (Å²) in [6, 6.07) is 4.05. The fourth-order valence-electron chi connectivity index (χ4n) is 3.64. The van der Waals surface area contributed by atoms with Gasteiger partial charge in [0.15, 0.2) is 5.75 Å². The Labute approximate surface area is 174 Å². The second-order valence-electron chi connectivity index (χ2n) is 7.86. The van der Waals surface area contributed by atoms with Crippen molar-refractivity contribution in [1.29, 1.82) is 0 Å². The fourth-order valence-corrected chi connectivity index (χ4v) is 4.83. The van der Waals surface area contributed by atoms with Crippen LogP contribution in [0.15, 0.2) is 18.2 Å². The molecular weight excluding hydrogens is 392 g/mol. The van der Waals surface area contributed by atoms with Gasteiger partial charge in [-0.05, 0) is 38.2 Å². The summed E-state index contributed by atoms with van der Waals surface area (Å²) >= 11 is 0. The van der Waals surface area contributed by atoms with Crippen molar-refractivity contribution in [1.82, 2.24) is 0 Å². The number of hydrogen-bond donors (Lipinski definition) is 1. The van der Waals surface area contributed by atoms with Crippen molar-refractivity contribution in [2.45, 2.75) is 90.1 Å². The van der Waals surface area contributed by atoms with Crippen LogP contribution in [0.2, 0.25) is 0 Å². The van der Waals surface area contributed by atoms with Gasteiger partial charge in [-0.25, -0.2) is 8.42 Å². The van der Waals surface area contributed by atoms with Crippen molar-refractivity contribution in [3.63, 3.8) is 0 Å². The van der Waals surface area contributed by atoms with E-state index in [0.717, 1.165) is 51.4 Å². The van der Waals surface area contributed by atoms with Gasteiger partial charge in [0, 0.05) is 6.07 Å². The molecule has 0 saturated heterocycles. The maximum absolute atomic E-state index is 12.5. The molecule has 0 atom stereocenters. The Bertz CT molecular complexity index is 745. The Morgan fingerprint density at radius 2 is 1.72 bits per heavy atom. The third-order valence-electron chi connectivity index (χ3n) is 5.30. The maximum atomic E-state index is 12.5. The lowest BCUT2D eigenvalue weighted by atomic mass is 9.98. The minimum atomic E-state index is -3.53. The van der Waals surface area contributed by atoms with Crippen LogP contribution in [-0.2, 0) is 10.0 Å². The van der Waals surface area contributed by atoms with E-state index in [4.69, 9.17) is 4.74 Å². The van der Waals surface area contributed by atoms with E-state index in [1.807, 2.05) is 0 Å². The second kappa shape index (κ2) is 12.0. The fraction of sp³-hybridized carbons (Fsp3) is 0.714. The van der Waals surface area contributed by atoms with Crippen molar-refractivity contribution in [2.75, 3.05) is 10.5 Å². The second-order valence-corrected chi connectivity index (χ2v) is 9.70. The molecule has 0 bridgehead atoms.